The summed E-state index contributed by atoms with van der Waals surface area (Å²) in [5.41, 5.74) is -0.970. The Morgan fingerprint density at radius 3 is 2.00 bits per heavy atom. The van der Waals surface area contributed by atoms with Crippen molar-refractivity contribution in [1.82, 2.24) is 0 Å². The van der Waals surface area contributed by atoms with Gasteiger partial charge in [-0.2, -0.15) is 0 Å². The molecule has 0 amide bonds. The van der Waals surface area contributed by atoms with Gasteiger partial charge < -0.3 is 19.4 Å². The molecule has 0 atom stereocenters. The second kappa shape index (κ2) is 5.11. The van der Waals surface area contributed by atoms with Crippen molar-refractivity contribution in [2.45, 2.75) is 0 Å². The summed E-state index contributed by atoms with van der Waals surface area (Å²) in [5, 5.41) is 10.8. The van der Waals surface area contributed by atoms with Gasteiger partial charge in [0.15, 0.2) is 0 Å². The number of hydrogen-bond acceptors (Lipinski definition) is 6. The van der Waals surface area contributed by atoms with Crippen LogP contribution in [0, 0.1) is 0 Å². The summed E-state index contributed by atoms with van der Waals surface area (Å²) >= 11 is 0. The van der Waals surface area contributed by atoms with E-state index in [4.69, 9.17) is 0 Å². The van der Waals surface area contributed by atoms with Crippen LogP contribution >= 0.6 is 0 Å². The van der Waals surface area contributed by atoms with Gasteiger partial charge in [0, 0.05) is 5.56 Å². The van der Waals surface area contributed by atoms with E-state index in [0.29, 0.717) is 0 Å². The predicted molar refractivity (Wildman–Crippen MR) is 53.5 cm³/mol. The summed E-state index contributed by atoms with van der Waals surface area (Å²) in [4.78, 5) is 33.7. The lowest BCUT2D eigenvalue weighted by Crippen LogP contribution is -2.27. The highest BCUT2D eigenvalue weighted by molar-refractivity contribution is 6.09. The molecule has 0 saturated carbocycles. The maximum atomic E-state index is 11.5. The fraction of sp³-hybridized carbons (Fsp3) is 0.182. The number of rotatable bonds is 3. The van der Waals surface area contributed by atoms with E-state index in [1.165, 1.54) is 12.1 Å². The molecule has 17 heavy (non-hydrogen) atoms. The standard InChI is InChI=1S/C11H10O6/c1-16-10(14)7-5-3-4-6(9(12)13)8(7)11(15)17-2/h3-5H,1-2H3,(H,12,13)/p-1. The van der Waals surface area contributed by atoms with Crippen molar-refractivity contribution in [2.75, 3.05) is 14.2 Å². The van der Waals surface area contributed by atoms with Gasteiger partial charge in [-0.15, -0.1) is 0 Å². The van der Waals surface area contributed by atoms with E-state index in [1.54, 1.807) is 0 Å². The monoisotopic (exact) mass is 237 g/mol. The Bertz CT molecular complexity index is 477. The van der Waals surface area contributed by atoms with Gasteiger partial charge in [-0.3, -0.25) is 0 Å². The maximum absolute atomic E-state index is 11.5. The number of carbonyl (C=O) groups excluding carboxylic acids is 3. The number of carbonyl (C=O) groups is 3. The van der Waals surface area contributed by atoms with Crippen LogP contribution in [0.3, 0.4) is 0 Å². The number of hydrogen-bond donors (Lipinski definition) is 0. The molecule has 90 valence electrons. The minimum atomic E-state index is -1.57. The van der Waals surface area contributed by atoms with Crippen LogP contribution in [0.15, 0.2) is 18.2 Å². The third-order valence-electron chi connectivity index (χ3n) is 2.08. The molecular formula is C11H9O6-. The molecule has 0 aliphatic rings. The minimum Gasteiger partial charge on any atom is -0.545 e. The van der Waals surface area contributed by atoms with E-state index in [2.05, 4.69) is 9.47 Å². The van der Waals surface area contributed by atoms with Gasteiger partial charge >= 0.3 is 11.9 Å². The van der Waals surface area contributed by atoms with Gasteiger partial charge in [0.2, 0.25) is 0 Å². The quantitative estimate of drug-likeness (QED) is 0.665. The largest absolute Gasteiger partial charge is 0.545 e. The molecule has 0 fully saturated rings. The van der Waals surface area contributed by atoms with Gasteiger partial charge in [-0.25, -0.2) is 9.59 Å². The fourth-order valence-corrected chi connectivity index (χ4v) is 1.32. The zero-order valence-electron chi connectivity index (χ0n) is 9.18. The maximum Gasteiger partial charge on any atom is 0.339 e. The van der Waals surface area contributed by atoms with Crippen molar-refractivity contribution < 1.29 is 29.0 Å². The molecule has 0 heterocycles. The number of carboxylic acids is 1. The van der Waals surface area contributed by atoms with E-state index in [9.17, 15) is 19.5 Å². The first-order valence-electron chi connectivity index (χ1n) is 4.54. The number of methoxy groups -OCH3 is 2. The Morgan fingerprint density at radius 2 is 1.53 bits per heavy atom. The molecule has 1 aromatic rings. The molecule has 0 unspecified atom stereocenters. The SMILES string of the molecule is COC(=O)c1cccc(C(=O)[O-])c1C(=O)OC. The Labute approximate surface area is 96.8 Å². The van der Waals surface area contributed by atoms with Gasteiger partial charge in [-0.05, 0) is 6.07 Å². The molecule has 0 radical (unpaired) electrons. The first kappa shape index (κ1) is 12.7. The summed E-state index contributed by atoms with van der Waals surface area (Å²) < 4.78 is 8.87. The van der Waals surface area contributed by atoms with Gasteiger partial charge in [-0.1, -0.05) is 12.1 Å². The van der Waals surface area contributed by atoms with Crippen LogP contribution in [0.25, 0.3) is 0 Å². The second-order valence-electron chi connectivity index (χ2n) is 3.00. The zero-order chi connectivity index (χ0) is 13.0. The van der Waals surface area contributed by atoms with Crippen LogP contribution in [0.1, 0.15) is 31.1 Å². The highest BCUT2D eigenvalue weighted by Crippen LogP contribution is 2.16. The highest BCUT2D eigenvalue weighted by Gasteiger charge is 2.22. The summed E-state index contributed by atoms with van der Waals surface area (Å²) in [7, 11) is 2.20. The van der Waals surface area contributed by atoms with Crippen LogP contribution < -0.4 is 5.11 Å². The lowest BCUT2D eigenvalue weighted by atomic mass is 10.0. The summed E-state index contributed by atoms with van der Waals surface area (Å²) in [6.07, 6.45) is 0. The Hall–Kier alpha value is -2.37. The molecule has 0 aliphatic carbocycles. The first-order valence-corrected chi connectivity index (χ1v) is 4.54. The van der Waals surface area contributed by atoms with Crippen molar-refractivity contribution in [3.63, 3.8) is 0 Å². The third kappa shape index (κ3) is 2.41. The molecule has 6 heteroatoms. The topological polar surface area (TPSA) is 92.7 Å². The Morgan fingerprint density at radius 1 is 1.00 bits per heavy atom. The highest BCUT2D eigenvalue weighted by atomic mass is 16.5. The fourth-order valence-electron chi connectivity index (χ4n) is 1.32. The molecule has 0 N–H and O–H groups in total. The van der Waals surface area contributed by atoms with Crippen molar-refractivity contribution in [3.05, 3.63) is 34.9 Å². The zero-order valence-corrected chi connectivity index (χ0v) is 9.18. The molecule has 0 aromatic heterocycles. The summed E-state index contributed by atoms with van der Waals surface area (Å²) in [6, 6.07) is 3.72. The van der Waals surface area contributed by atoms with Crippen molar-refractivity contribution >= 4 is 17.9 Å². The normalized spacial score (nSPS) is 9.53. The Balaban J connectivity index is 3.50. The van der Waals surface area contributed by atoms with Crippen molar-refractivity contribution in [2.24, 2.45) is 0 Å². The van der Waals surface area contributed by atoms with Gasteiger partial charge in [0.1, 0.15) is 0 Å². The van der Waals surface area contributed by atoms with Gasteiger partial charge in [0.25, 0.3) is 0 Å². The molecule has 1 aromatic carbocycles. The number of esters is 2. The predicted octanol–water partition coefficient (Wildman–Crippen LogP) is -0.377. The Kier molecular flexibility index (Phi) is 3.82. The van der Waals surface area contributed by atoms with E-state index in [1.807, 2.05) is 0 Å². The molecule has 0 bridgehead atoms. The minimum absolute atomic E-state index is 0.180. The van der Waals surface area contributed by atoms with E-state index < -0.39 is 23.5 Å². The van der Waals surface area contributed by atoms with Crippen molar-refractivity contribution in [3.8, 4) is 0 Å². The first-order chi connectivity index (χ1) is 8.02. The average Bonchev–Trinajstić information content (AvgIpc) is 2.35. The number of ether oxygens (including phenoxy) is 2. The van der Waals surface area contributed by atoms with E-state index in [0.717, 1.165) is 20.3 Å². The molecular weight excluding hydrogens is 228 g/mol. The molecule has 0 saturated heterocycles. The molecule has 1 rings (SSSR count). The average molecular weight is 237 g/mol. The number of benzene rings is 1. The van der Waals surface area contributed by atoms with Crippen LogP contribution in [0.5, 0.6) is 0 Å². The van der Waals surface area contributed by atoms with Crippen LogP contribution in [-0.4, -0.2) is 32.1 Å². The third-order valence-corrected chi connectivity index (χ3v) is 2.08. The molecule has 6 nitrogen and oxygen atoms in total. The van der Waals surface area contributed by atoms with Crippen LogP contribution in [-0.2, 0) is 9.47 Å². The van der Waals surface area contributed by atoms with Crippen molar-refractivity contribution in [1.29, 1.82) is 0 Å². The van der Waals surface area contributed by atoms with Gasteiger partial charge in [0.05, 0.1) is 31.3 Å². The molecule has 0 aliphatic heterocycles. The van der Waals surface area contributed by atoms with E-state index in [-0.39, 0.29) is 11.1 Å². The number of aromatic carboxylic acids is 1. The van der Waals surface area contributed by atoms with E-state index >= 15 is 0 Å². The second-order valence-corrected chi connectivity index (χ2v) is 3.00. The van der Waals surface area contributed by atoms with Crippen LogP contribution in [0.4, 0.5) is 0 Å². The molecule has 0 spiro atoms. The lowest BCUT2D eigenvalue weighted by Gasteiger charge is -2.12. The smallest absolute Gasteiger partial charge is 0.339 e. The summed E-state index contributed by atoms with van der Waals surface area (Å²) in [5.74, 6) is -3.34. The summed E-state index contributed by atoms with van der Waals surface area (Å²) in [6.45, 7) is 0. The van der Waals surface area contributed by atoms with Crippen LogP contribution in [0.2, 0.25) is 0 Å². The lowest BCUT2D eigenvalue weighted by molar-refractivity contribution is -0.255. The number of carboxylic acid groups (broad SMARTS) is 1.